The van der Waals surface area contributed by atoms with Crippen molar-refractivity contribution in [3.8, 4) is 5.75 Å². The van der Waals surface area contributed by atoms with Crippen molar-refractivity contribution < 1.29 is 14.6 Å². The van der Waals surface area contributed by atoms with Gasteiger partial charge in [-0.2, -0.15) is 0 Å². The van der Waals surface area contributed by atoms with Crippen molar-refractivity contribution in [3.05, 3.63) is 29.8 Å². The molecule has 0 aliphatic heterocycles. The molecule has 3 rings (SSSR count). The molecule has 0 atom stereocenters. The van der Waals surface area contributed by atoms with Gasteiger partial charge in [0.2, 0.25) is 0 Å². The SMILES string of the molecule is O=C(O)CC1(c2cccc(OC3CCCC3)c2)CC1. The van der Waals surface area contributed by atoms with Gasteiger partial charge in [-0.25, -0.2) is 0 Å². The number of rotatable bonds is 5. The highest BCUT2D eigenvalue weighted by atomic mass is 16.5. The molecule has 0 aromatic heterocycles. The maximum Gasteiger partial charge on any atom is 0.304 e. The number of carboxylic acid groups (broad SMARTS) is 1. The van der Waals surface area contributed by atoms with E-state index in [4.69, 9.17) is 9.84 Å². The van der Waals surface area contributed by atoms with Crippen molar-refractivity contribution in [1.82, 2.24) is 0 Å². The summed E-state index contributed by atoms with van der Waals surface area (Å²) in [5.41, 5.74) is 1.01. The summed E-state index contributed by atoms with van der Waals surface area (Å²) < 4.78 is 6.00. The number of hydrogen-bond acceptors (Lipinski definition) is 2. The Morgan fingerprint density at radius 1 is 1.32 bits per heavy atom. The fourth-order valence-electron chi connectivity index (χ4n) is 3.11. The summed E-state index contributed by atoms with van der Waals surface area (Å²) in [7, 11) is 0. The van der Waals surface area contributed by atoms with Gasteiger partial charge in [-0.15, -0.1) is 0 Å². The van der Waals surface area contributed by atoms with E-state index in [1.807, 2.05) is 24.3 Å². The largest absolute Gasteiger partial charge is 0.490 e. The molecule has 0 saturated heterocycles. The van der Waals surface area contributed by atoms with E-state index >= 15 is 0 Å². The summed E-state index contributed by atoms with van der Waals surface area (Å²) in [6.45, 7) is 0. The number of benzene rings is 1. The van der Waals surface area contributed by atoms with E-state index in [2.05, 4.69) is 0 Å². The summed E-state index contributed by atoms with van der Waals surface area (Å²) in [5.74, 6) is 0.195. The Morgan fingerprint density at radius 2 is 2.05 bits per heavy atom. The Balaban J connectivity index is 1.74. The molecule has 1 aromatic rings. The van der Waals surface area contributed by atoms with Gasteiger partial charge in [-0.05, 0) is 56.2 Å². The van der Waals surface area contributed by atoms with Crippen LogP contribution in [0.3, 0.4) is 0 Å². The van der Waals surface area contributed by atoms with Gasteiger partial charge in [-0.3, -0.25) is 4.79 Å². The summed E-state index contributed by atoms with van der Waals surface area (Å²) in [6.07, 6.45) is 7.35. The molecule has 3 nitrogen and oxygen atoms in total. The molecule has 0 amide bonds. The van der Waals surface area contributed by atoms with Crippen LogP contribution in [0, 0.1) is 0 Å². The molecule has 2 saturated carbocycles. The van der Waals surface area contributed by atoms with Crippen LogP contribution in [-0.2, 0) is 10.2 Å². The monoisotopic (exact) mass is 260 g/mol. The number of hydrogen-bond donors (Lipinski definition) is 1. The highest BCUT2D eigenvalue weighted by molar-refractivity contribution is 5.70. The molecule has 2 fully saturated rings. The Hall–Kier alpha value is -1.51. The van der Waals surface area contributed by atoms with Crippen LogP contribution in [0.1, 0.15) is 50.5 Å². The zero-order valence-corrected chi connectivity index (χ0v) is 11.1. The average molecular weight is 260 g/mol. The van der Waals surface area contributed by atoms with Gasteiger partial charge in [0.05, 0.1) is 12.5 Å². The maximum absolute atomic E-state index is 11.0. The molecule has 3 heteroatoms. The fraction of sp³-hybridized carbons (Fsp3) is 0.562. The highest BCUT2D eigenvalue weighted by Crippen LogP contribution is 2.51. The van der Waals surface area contributed by atoms with E-state index in [0.29, 0.717) is 6.10 Å². The molecule has 0 unspecified atom stereocenters. The van der Waals surface area contributed by atoms with Gasteiger partial charge >= 0.3 is 5.97 Å². The molecular weight excluding hydrogens is 240 g/mol. The molecule has 102 valence electrons. The van der Waals surface area contributed by atoms with Crippen LogP contribution in [0.25, 0.3) is 0 Å². The second kappa shape index (κ2) is 4.87. The second-order valence-electron chi connectivity index (χ2n) is 5.90. The molecule has 1 N–H and O–H groups in total. The van der Waals surface area contributed by atoms with Crippen molar-refractivity contribution in [1.29, 1.82) is 0 Å². The van der Waals surface area contributed by atoms with Crippen molar-refractivity contribution in [3.63, 3.8) is 0 Å². The van der Waals surface area contributed by atoms with Crippen LogP contribution in [0.4, 0.5) is 0 Å². The number of ether oxygens (including phenoxy) is 1. The van der Waals surface area contributed by atoms with Crippen LogP contribution >= 0.6 is 0 Å². The summed E-state index contributed by atoms with van der Waals surface area (Å²) >= 11 is 0. The van der Waals surface area contributed by atoms with Crippen LogP contribution in [0.2, 0.25) is 0 Å². The van der Waals surface area contributed by atoms with Crippen LogP contribution in [-0.4, -0.2) is 17.2 Å². The van der Waals surface area contributed by atoms with E-state index < -0.39 is 5.97 Å². The Labute approximate surface area is 113 Å². The zero-order chi connectivity index (χ0) is 13.3. The molecule has 0 spiro atoms. The van der Waals surface area contributed by atoms with Gasteiger partial charge in [-0.1, -0.05) is 12.1 Å². The summed E-state index contributed by atoms with van der Waals surface area (Å²) in [4.78, 5) is 11.0. The van der Waals surface area contributed by atoms with E-state index in [1.165, 1.54) is 12.8 Å². The normalized spacial score (nSPS) is 21.3. The van der Waals surface area contributed by atoms with Crippen molar-refractivity contribution in [2.75, 3.05) is 0 Å². The molecule has 19 heavy (non-hydrogen) atoms. The topological polar surface area (TPSA) is 46.5 Å². The van der Waals surface area contributed by atoms with Gasteiger partial charge in [0.1, 0.15) is 5.75 Å². The summed E-state index contributed by atoms with van der Waals surface area (Å²) in [5, 5.41) is 9.02. The van der Waals surface area contributed by atoms with E-state index in [1.54, 1.807) is 0 Å². The van der Waals surface area contributed by atoms with E-state index in [0.717, 1.165) is 37.0 Å². The lowest BCUT2D eigenvalue weighted by atomic mass is 9.92. The van der Waals surface area contributed by atoms with Gasteiger partial charge in [0.15, 0.2) is 0 Å². The molecule has 0 heterocycles. The number of carboxylic acids is 1. The smallest absolute Gasteiger partial charge is 0.304 e. The fourth-order valence-corrected chi connectivity index (χ4v) is 3.11. The first-order valence-corrected chi connectivity index (χ1v) is 7.17. The minimum Gasteiger partial charge on any atom is -0.490 e. The van der Waals surface area contributed by atoms with E-state index in [9.17, 15) is 4.79 Å². The lowest BCUT2D eigenvalue weighted by molar-refractivity contribution is -0.137. The lowest BCUT2D eigenvalue weighted by Crippen LogP contribution is -2.14. The predicted molar refractivity (Wildman–Crippen MR) is 72.5 cm³/mol. The maximum atomic E-state index is 11.0. The van der Waals surface area contributed by atoms with Crippen LogP contribution in [0.15, 0.2) is 24.3 Å². The molecule has 0 bridgehead atoms. The molecule has 2 aliphatic rings. The van der Waals surface area contributed by atoms with Crippen LogP contribution in [0.5, 0.6) is 5.75 Å². The van der Waals surface area contributed by atoms with Crippen molar-refractivity contribution in [2.45, 2.75) is 56.5 Å². The van der Waals surface area contributed by atoms with Gasteiger partial charge in [0.25, 0.3) is 0 Å². The van der Waals surface area contributed by atoms with Crippen LogP contribution < -0.4 is 4.74 Å². The van der Waals surface area contributed by atoms with Gasteiger partial charge < -0.3 is 9.84 Å². The van der Waals surface area contributed by atoms with Gasteiger partial charge in [0, 0.05) is 5.41 Å². The molecule has 2 aliphatic carbocycles. The Morgan fingerprint density at radius 3 is 2.68 bits per heavy atom. The Bertz CT molecular complexity index is 471. The third-order valence-corrected chi connectivity index (χ3v) is 4.39. The minimum atomic E-state index is -0.709. The average Bonchev–Trinajstić information content (AvgIpc) is 2.97. The molecular formula is C16H20O3. The first kappa shape index (κ1) is 12.5. The predicted octanol–water partition coefficient (Wildman–Crippen LogP) is 3.51. The Kier molecular flexibility index (Phi) is 3.21. The molecule has 0 radical (unpaired) electrons. The molecule has 1 aromatic carbocycles. The van der Waals surface area contributed by atoms with Crippen molar-refractivity contribution in [2.24, 2.45) is 0 Å². The number of carbonyl (C=O) groups is 1. The van der Waals surface area contributed by atoms with Crippen molar-refractivity contribution >= 4 is 5.97 Å². The standard InChI is InChI=1S/C16H20O3/c17-15(18)11-16(8-9-16)12-4-3-7-14(10-12)19-13-5-1-2-6-13/h3-4,7,10,13H,1-2,5-6,8-9,11H2,(H,17,18). The number of aliphatic carboxylic acids is 1. The third-order valence-electron chi connectivity index (χ3n) is 4.39. The minimum absolute atomic E-state index is 0.124. The lowest BCUT2D eigenvalue weighted by Gasteiger charge is -2.17. The summed E-state index contributed by atoms with van der Waals surface area (Å²) in [6, 6.07) is 8.06. The highest BCUT2D eigenvalue weighted by Gasteiger charge is 2.46. The quantitative estimate of drug-likeness (QED) is 0.881. The zero-order valence-electron chi connectivity index (χ0n) is 11.1. The first-order valence-electron chi connectivity index (χ1n) is 7.17. The third kappa shape index (κ3) is 2.75. The first-order chi connectivity index (χ1) is 9.18. The second-order valence-corrected chi connectivity index (χ2v) is 5.90. The van der Waals surface area contributed by atoms with E-state index in [-0.39, 0.29) is 11.8 Å².